The Balaban J connectivity index is 1.63. The van der Waals surface area contributed by atoms with Gasteiger partial charge < -0.3 is 19.4 Å². The number of rotatable bonds is 5. The molecule has 1 amide bonds. The lowest BCUT2D eigenvalue weighted by molar-refractivity contribution is 0.101. The Morgan fingerprint density at radius 3 is 2.40 bits per heavy atom. The van der Waals surface area contributed by atoms with E-state index in [1.165, 1.54) is 19.2 Å². The zero-order valence-corrected chi connectivity index (χ0v) is 23.0. The van der Waals surface area contributed by atoms with E-state index in [-0.39, 0.29) is 28.9 Å². The van der Waals surface area contributed by atoms with E-state index in [1.54, 1.807) is 18.5 Å². The Morgan fingerprint density at radius 1 is 1.02 bits per heavy atom. The predicted octanol–water partition coefficient (Wildman–Crippen LogP) is 4.80. The lowest BCUT2D eigenvalue weighted by Crippen LogP contribution is -2.55. The Labute approximate surface area is 229 Å². The summed E-state index contributed by atoms with van der Waals surface area (Å²) in [5.74, 6) is -1.30. The van der Waals surface area contributed by atoms with Crippen molar-refractivity contribution in [1.82, 2.24) is 19.0 Å². The largest absolute Gasteiger partial charge is 0.367 e. The summed E-state index contributed by atoms with van der Waals surface area (Å²) >= 11 is 0. The molecule has 40 heavy (non-hydrogen) atoms. The van der Waals surface area contributed by atoms with Crippen molar-refractivity contribution < 1.29 is 18.0 Å². The van der Waals surface area contributed by atoms with Gasteiger partial charge in [0.2, 0.25) is 0 Å². The third kappa shape index (κ3) is 4.97. The fourth-order valence-electron chi connectivity index (χ4n) is 5.24. The number of hydrogen-bond donors (Lipinski definition) is 1. The quantitative estimate of drug-likeness (QED) is 0.385. The van der Waals surface area contributed by atoms with Gasteiger partial charge >= 0.3 is 0 Å². The number of piperazine rings is 1. The molecule has 5 rings (SSSR count). The number of anilines is 2. The third-order valence-corrected chi connectivity index (χ3v) is 7.81. The lowest BCUT2D eigenvalue weighted by atomic mass is 10.0. The first-order valence-electron chi connectivity index (χ1n) is 13.0. The molecular weight excluding hydrogens is 521 g/mol. The number of benzene rings is 2. The highest BCUT2D eigenvalue weighted by Crippen LogP contribution is 2.37. The molecule has 0 spiro atoms. The number of nitrogens with zero attached hydrogens (tertiary/aromatic N) is 5. The molecule has 1 saturated heterocycles. The summed E-state index contributed by atoms with van der Waals surface area (Å²) in [7, 11) is 5.25. The summed E-state index contributed by atoms with van der Waals surface area (Å²) in [6, 6.07) is 9.35. The van der Waals surface area contributed by atoms with E-state index in [9.17, 15) is 18.4 Å². The molecule has 0 aliphatic carbocycles. The SMILES string of the molecule is CC1CN(c2cc(F)c(-c3ccc4ncn(C)c4c3)cc2NC(=O)c2cn(C)c(=O)cc2C(F)F)C[C@H](C)N1C. The van der Waals surface area contributed by atoms with Crippen LogP contribution in [0.2, 0.25) is 0 Å². The maximum atomic E-state index is 15.8. The van der Waals surface area contributed by atoms with Crippen molar-refractivity contribution in [1.29, 1.82) is 0 Å². The smallest absolute Gasteiger partial charge is 0.264 e. The van der Waals surface area contributed by atoms with Crippen LogP contribution in [0.5, 0.6) is 0 Å². The van der Waals surface area contributed by atoms with Crippen molar-refractivity contribution in [2.45, 2.75) is 32.4 Å². The molecule has 1 aliphatic rings. The van der Waals surface area contributed by atoms with Crippen molar-refractivity contribution in [2.24, 2.45) is 14.1 Å². The molecule has 8 nitrogen and oxygen atoms in total. The number of hydrogen-bond acceptors (Lipinski definition) is 5. The number of aromatic nitrogens is 3. The van der Waals surface area contributed by atoms with Gasteiger partial charge in [0.15, 0.2) is 0 Å². The molecule has 11 heteroatoms. The standard InChI is InChI=1S/C29H31F3N6O2/c1-16-12-38(13-17(2)37(16)5)26-11-22(30)19(18-6-7-23-25(8-18)36(4)15-33-23)9-24(26)34-29(40)21-14-35(3)27(39)10-20(21)28(31)32/h6-11,14-17,28H,12-13H2,1-5H3,(H,34,40)/t16-,17?/m0/s1. The highest BCUT2D eigenvalue weighted by atomic mass is 19.3. The molecule has 1 unspecified atom stereocenters. The molecule has 2 aromatic carbocycles. The van der Waals surface area contributed by atoms with Gasteiger partial charge in [0.25, 0.3) is 17.9 Å². The van der Waals surface area contributed by atoms with Crippen LogP contribution in [0.4, 0.5) is 24.5 Å². The maximum Gasteiger partial charge on any atom is 0.264 e. The summed E-state index contributed by atoms with van der Waals surface area (Å²) in [6.07, 6.45) is -0.259. The minimum atomic E-state index is -3.03. The number of halogens is 3. The Kier molecular flexibility index (Phi) is 7.17. The van der Waals surface area contributed by atoms with Gasteiger partial charge in [-0.3, -0.25) is 14.5 Å². The molecule has 1 fully saturated rings. The number of aryl methyl sites for hydroxylation is 2. The Hall–Kier alpha value is -4.12. The van der Waals surface area contributed by atoms with Gasteiger partial charge in [-0.05, 0) is 50.7 Å². The van der Waals surface area contributed by atoms with Gasteiger partial charge in [-0.1, -0.05) is 6.07 Å². The number of alkyl halides is 2. The normalized spacial score (nSPS) is 18.1. The maximum absolute atomic E-state index is 15.8. The summed E-state index contributed by atoms with van der Waals surface area (Å²) in [6.45, 7) is 5.28. The highest BCUT2D eigenvalue weighted by molar-refractivity contribution is 6.07. The Morgan fingerprint density at radius 2 is 1.73 bits per heavy atom. The minimum Gasteiger partial charge on any atom is -0.367 e. The van der Waals surface area contributed by atoms with Crippen LogP contribution in [0.1, 0.15) is 36.2 Å². The van der Waals surface area contributed by atoms with Gasteiger partial charge in [0.05, 0.1) is 34.3 Å². The second kappa shape index (κ2) is 10.5. The number of amides is 1. The van der Waals surface area contributed by atoms with E-state index >= 15 is 4.39 Å². The zero-order chi connectivity index (χ0) is 28.9. The van der Waals surface area contributed by atoms with Crippen LogP contribution >= 0.6 is 0 Å². The van der Waals surface area contributed by atoms with E-state index in [4.69, 9.17) is 0 Å². The average Bonchev–Trinajstić information content (AvgIpc) is 3.28. The van der Waals surface area contributed by atoms with Crippen LogP contribution in [0.3, 0.4) is 0 Å². The van der Waals surface area contributed by atoms with E-state index in [0.717, 1.165) is 27.9 Å². The lowest BCUT2D eigenvalue weighted by Gasteiger charge is -2.44. The number of fused-ring (bicyclic) bond motifs is 1. The number of imidazole rings is 1. The van der Waals surface area contributed by atoms with Crippen LogP contribution in [0, 0.1) is 5.82 Å². The first-order chi connectivity index (χ1) is 18.9. The molecule has 0 bridgehead atoms. The fourth-order valence-corrected chi connectivity index (χ4v) is 5.24. The molecule has 1 N–H and O–H groups in total. The molecule has 1 aliphatic heterocycles. The van der Waals surface area contributed by atoms with E-state index in [1.807, 2.05) is 29.6 Å². The number of carbonyl (C=O) groups excluding carboxylic acids is 1. The van der Waals surface area contributed by atoms with Crippen LogP contribution in [-0.2, 0) is 14.1 Å². The first-order valence-corrected chi connectivity index (χ1v) is 13.0. The zero-order valence-electron chi connectivity index (χ0n) is 23.0. The topological polar surface area (TPSA) is 75.4 Å². The molecule has 210 valence electrons. The van der Waals surface area contributed by atoms with Crippen molar-refractivity contribution >= 4 is 28.3 Å². The number of nitrogens with one attached hydrogen (secondary N) is 1. The summed E-state index contributed by atoms with van der Waals surface area (Å²) < 4.78 is 46.3. The number of likely N-dealkylation sites (N-methyl/N-ethyl adjacent to an activating group) is 1. The van der Waals surface area contributed by atoms with Gasteiger partial charge in [-0.25, -0.2) is 18.2 Å². The Bertz CT molecular complexity index is 1650. The molecule has 0 saturated carbocycles. The molecule has 4 aromatic rings. The van der Waals surface area contributed by atoms with Crippen molar-refractivity contribution in [3.8, 4) is 11.1 Å². The van der Waals surface area contributed by atoms with Crippen molar-refractivity contribution in [3.63, 3.8) is 0 Å². The van der Waals surface area contributed by atoms with Gasteiger partial charge in [-0.2, -0.15) is 0 Å². The summed E-state index contributed by atoms with van der Waals surface area (Å²) in [5.41, 5.74) is 1.47. The minimum absolute atomic E-state index is 0.149. The highest BCUT2D eigenvalue weighted by Gasteiger charge is 2.30. The predicted molar refractivity (Wildman–Crippen MR) is 150 cm³/mol. The van der Waals surface area contributed by atoms with E-state index in [0.29, 0.717) is 24.3 Å². The van der Waals surface area contributed by atoms with E-state index < -0.39 is 29.3 Å². The van der Waals surface area contributed by atoms with Crippen LogP contribution in [0.25, 0.3) is 22.2 Å². The van der Waals surface area contributed by atoms with Crippen molar-refractivity contribution in [3.05, 3.63) is 76.2 Å². The molecule has 3 heterocycles. The second-order valence-electron chi connectivity index (χ2n) is 10.5. The van der Waals surface area contributed by atoms with Gasteiger partial charge in [0.1, 0.15) is 5.82 Å². The van der Waals surface area contributed by atoms with Crippen LogP contribution < -0.4 is 15.8 Å². The van der Waals surface area contributed by atoms with Crippen LogP contribution in [-0.4, -0.2) is 57.1 Å². The molecule has 2 aromatic heterocycles. The molecule has 2 atom stereocenters. The summed E-state index contributed by atoms with van der Waals surface area (Å²) in [5, 5.41) is 2.76. The average molecular weight is 553 g/mol. The van der Waals surface area contributed by atoms with Gasteiger partial charge in [-0.15, -0.1) is 0 Å². The van der Waals surface area contributed by atoms with Crippen molar-refractivity contribution in [2.75, 3.05) is 30.4 Å². The van der Waals surface area contributed by atoms with Gasteiger partial charge in [0, 0.05) is 62.7 Å². The van der Waals surface area contributed by atoms with Crippen LogP contribution in [0.15, 0.2) is 53.7 Å². The number of carbonyl (C=O) groups is 1. The fraction of sp³-hybridized carbons (Fsp3) is 0.345. The van der Waals surface area contributed by atoms with E-state index in [2.05, 4.69) is 29.0 Å². The third-order valence-electron chi connectivity index (χ3n) is 7.81. The summed E-state index contributed by atoms with van der Waals surface area (Å²) in [4.78, 5) is 34.0. The molecule has 0 radical (unpaired) electrons. The monoisotopic (exact) mass is 552 g/mol. The number of pyridine rings is 1. The first kappa shape index (κ1) is 27.4. The second-order valence-corrected chi connectivity index (χ2v) is 10.5. The molecular formula is C29H31F3N6O2.